The van der Waals surface area contributed by atoms with Gasteiger partial charge in [-0.25, -0.2) is 0 Å². The van der Waals surface area contributed by atoms with Crippen LogP contribution in [0.25, 0.3) is 98.8 Å². The highest BCUT2D eigenvalue weighted by Gasteiger charge is 2.20. The van der Waals surface area contributed by atoms with Crippen LogP contribution in [0.3, 0.4) is 0 Å². The van der Waals surface area contributed by atoms with Crippen molar-refractivity contribution < 1.29 is 4.42 Å². The fourth-order valence-electron chi connectivity index (χ4n) is 7.88. The van der Waals surface area contributed by atoms with Crippen LogP contribution < -0.4 is 0 Å². The minimum atomic E-state index is 0.901. The highest BCUT2D eigenvalue weighted by atomic mass is 16.3. The lowest BCUT2D eigenvalue weighted by atomic mass is 9.85. The van der Waals surface area contributed by atoms with Crippen LogP contribution in [0, 0.1) is 0 Å². The third-order valence-corrected chi connectivity index (χ3v) is 10.0. The Balaban J connectivity index is 1.21. The first kappa shape index (κ1) is 27.7. The van der Waals surface area contributed by atoms with Gasteiger partial charge in [-0.1, -0.05) is 158 Å². The quantitative estimate of drug-likeness (QED) is 0.178. The number of rotatable bonds is 4. The maximum Gasteiger partial charge on any atom is 0.136 e. The van der Waals surface area contributed by atoms with Crippen molar-refractivity contribution in [3.05, 3.63) is 182 Å². The van der Waals surface area contributed by atoms with Crippen molar-refractivity contribution >= 4 is 54.3 Å². The minimum Gasteiger partial charge on any atom is -0.456 e. The Morgan fingerprint density at radius 2 is 0.837 bits per heavy atom. The van der Waals surface area contributed by atoms with Gasteiger partial charge in [0, 0.05) is 10.8 Å². The first-order valence-corrected chi connectivity index (χ1v) is 16.8. The fourth-order valence-corrected chi connectivity index (χ4v) is 7.88. The third-order valence-electron chi connectivity index (χ3n) is 10.0. The zero-order chi connectivity index (χ0) is 32.3. The van der Waals surface area contributed by atoms with E-state index in [9.17, 15) is 0 Å². The molecule has 49 heavy (non-hydrogen) atoms. The van der Waals surface area contributed by atoms with Crippen LogP contribution in [0.5, 0.6) is 0 Å². The van der Waals surface area contributed by atoms with Gasteiger partial charge in [0.1, 0.15) is 11.2 Å². The van der Waals surface area contributed by atoms with Crippen molar-refractivity contribution in [3.8, 4) is 44.5 Å². The molecule has 1 heteroatoms. The van der Waals surface area contributed by atoms with Crippen LogP contribution in [0.1, 0.15) is 0 Å². The summed E-state index contributed by atoms with van der Waals surface area (Å²) < 4.78 is 6.68. The van der Waals surface area contributed by atoms with E-state index in [2.05, 4.69) is 182 Å². The summed E-state index contributed by atoms with van der Waals surface area (Å²) >= 11 is 0. The number of hydrogen-bond donors (Lipinski definition) is 0. The van der Waals surface area contributed by atoms with Crippen molar-refractivity contribution in [1.29, 1.82) is 0 Å². The highest BCUT2D eigenvalue weighted by Crippen LogP contribution is 2.47. The topological polar surface area (TPSA) is 13.1 Å². The van der Waals surface area contributed by atoms with Gasteiger partial charge in [-0.15, -0.1) is 0 Å². The van der Waals surface area contributed by atoms with E-state index in [0.717, 1.165) is 27.3 Å². The molecule has 0 unspecified atom stereocenters. The summed E-state index contributed by atoms with van der Waals surface area (Å²) in [6.45, 7) is 0. The minimum absolute atomic E-state index is 0.901. The molecule has 0 radical (unpaired) electrons. The van der Waals surface area contributed by atoms with E-state index < -0.39 is 0 Å². The van der Waals surface area contributed by atoms with Crippen LogP contribution in [-0.2, 0) is 0 Å². The molecular weight excluding hydrogens is 593 g/mol. The average molecular weight is 623 g/mol. The maximum absolute atomic E-state index is 6.68. The average Bonchev–Trinajstić information content (AvgIpc) is 3.54. The zero-order valence-corrected chi connectivity index (χ0v) is 26.7. The Morgan fingerprint density at radius 1 is 0.286 bits per heavy atom. The number of fused-ring (bicyclic) bond motifs is 6. The standard InChI is InChI=1S/C48H30O/c1-3-14-31(15-4-1)36-18-7-8-19-37(36)34-27-26-33-29-43-45(30-35(33)28-34)49-44-25-13-24-42(48(43)44)47-40-22-11-9-20-38(40)46(32-16-5-2-6-17-32)39-21-10-12-23-41(39)47/h1-30H. The molecule has 1 aromatic heterocycles. The molecule has 0 atom stereocenters. The highest BCUT2D eigenvalue weighted by molar-refractivity contribution is 6.26. The second kappa shape index (κ2) is 11.1. The van der Waals surface area contributed by atoms with E-state index >= 15 is 0 Å². The Kier molecular flexibility index (Phi) is 6.25. The van der Waals surface area contributed by atoms with Gasteiger partial charge < -0.3 is 4.42 Å². The van der Waals surface area contributed by atoms with Gasteiger partial charge in [0.15, 0.2) is 0 Å². The molecule has 0 aliphatic heterocycles. The summed E-state index contributed by atoms with van der Waals surface area (Å²) in [6, 6.07) is 65.6. The Hall–Kier alpha value is -6.44. The van der Waals surface area contributed by atoms with E-state index in [4.69, 9.17) is 4.42 Å². The molecule has 0 saturated carbocycles. The molecule has 10 rings (SSSR count). The molecule has 0 spiro atoms. The zero-order valence-electron chi connectivity index (χ0n) is 26.7. The van der Waals surface area contributed by atoms with Gasteiger partial charge in [-0.3, -0.25) is 0 Å². The smallest absolute Gasteiger partial charge is 0.136 e. The summed E-state index contributed by atoms with van der Waals surface area (Å²) in [4.78, 5) is 0. The second-order valence-electron chi connectivity index (χ2n) is 12.8. The van der Waals surface area contributed by atoms with E-state index in [1.165, 1.54) is 71.4 Å². The van der Waals surface area contributed by atoms with Gasteiger partial charge in [0.2, 0.25) is 0 Å². The molecule has 0 N–H and O–H groups in total. The van der Waals surface area contributed by atoms with E-state index in [-0.39, 0.29) is 0 Å². The Bertz CT molecular complexity index is 2800. The fraction of sp³-hybridized carbons (Fsp3) is 0. The van der Waals surface area contributed by atoms with Crippen molar-refractivity contribution in [3.63, 3.8) is 0 Å². The number of benzene rings is 9. The molecule has 0 amide bonds. The Morgan fingerprint density at radius 3 is 1.51 bits per heavy atom. The van der Waals surface area contributed by atoms with Crippen molar-refractivity contribution in [2.45, 2.75) is 0 Å². The molecular formula is C48H30O. The maximum atomic E-state index is 6.68. The molecule has 10 aromatic rings. The summed E-state index contributed by atoms with van der Waals surface area (Å²) in [5, 5.41) is 9.63. The van der Waals surface area contributed by atoms with Gasteiger partial charge in [0.05, 0.1) is 0 Å². The van der Waals surface area contributed by atoms with E-state index in [0.29, 0.717) is 0 Å². The van der Waals surface area contributed by atoms with Gasteiger partial charge in [-0.2, -0.15) is 0 Å². The summed E-state index contributed by atoms with van der Waals surface area (Å²) in [6.07, 6.45) is 0. The lowest BCUT2D eigenvalue weighted by molar-refractivity contribution is 0.669. The molecule has 0 aliphatic rings. The number of furan rings is 1. The normalized spacial score (nSPS) is 11.7. The van der Waals surface area contributed by atoms with Crippen LogP contribution in [0.2, 0.25) is 0 Å². The lowest BCUT2D eigenvalue weighted by Crippen LogP contribution is -1.91. The third kappa shape index (κ3) is 4.40. The van der Waals surface area contributed by atoms with Crippen molar-refractivity contribution in [2.75, 3.05) is 0 Å². The predicted octanol–water partition coefficient (Wildman–Crippen LogP) is 13.7. The van der Waals surface area contributed by atoms with Crippen molar-refractivity contribution in [1.82, 2.24) is 0 Å². The molecule has 1 nitrogen and oxygen atoms in total. The molecule has 0 aliphatic carbocycles. The van der Waals surface area contributed by atoms with Gasteiger partial charge in [-0.05, 0) is 101 Å². The predicted molar refractivity (Wildman–Crippen MR) is 208 cm³/mol. The summed E-state index contributed by atoms with van der Waals surface area (Å²) in [5.74, 6) is 0. The molecule has 0 fully saturated rings. The molecule has 0 bridgehead atoms. The van der Waals surface area contributed by atoms with Gasteiger partial charge >= 0.3 is 0 Å². The second-order valence-corrected chi connectivity index (χ2v) is 12.8. The summed E-state index contributed by atoms with van der Waals surface area (Å²) in [5.41, 5.74) is 11.6. The molecule has 9 aromatic carbocycles. The largest absolute Gasteiger partial charge is 0.456 e. The summed E-state index contributed by atoms with van der Waals surface area (Å²) in [7, 11) is 0. The van der Waals surface area contributed by atoms with Crippen LogP contribution >= 0.6 is 0 Å². The molecule has 228 valence electrons. The van der Waals surface area contributed by atoms with Crippen LogP contribution in [-0.4, -0.2) is 0 Å². The monoisotopic (exact) mass is 622 g/mol. The first-order chi connectivity index (χ1) is 24.3. The van der Waals surface area contributed by atoms with Crippen LogP contribution in [0.15, 0.2) is 186 Å². The van der Waals surface area contributed by atoms with Gasteiger partial charge in [0.25, 0.3) is 0 Å². The Labute approximate surface area is 284 Å². The van der Waals surface area contributed by atoms with Crippen LogP contribution in [0.4, 0.5) is 0 Å². The first-order valence-electron chi connectivity index (χ1n) is 16.8. The van der Waals surface area contributed by atoms with E-state index in [1.54, 1.807) is 0 Å². The van der Waals surface area contributed by atoms with Crippen molar-refractivity contribution in [2.24, 2.45) is 0 Å². The van der Waals surface area contributed by atoms with E-state index in [1.807, 2.05) is 0 Å². The molecule has 0 saturated heterocycles. The number of hydrogen-bond acceptors (Lipinski definition) is 1. The SMILES string of the molecule is c1ccc(-c2ccccc2-c2ccc3cc4c(cc3c2)oc2cccc(-c3c5ccccc5c(-c5ccccc5)c5ccccc35)c24)cc1. The molecule has 1 heterocycles. The lowest BCUT2D eigenvalue weighted by Gasteiger charge is -2.18.